The molecule has 1 atom stereocenters. The van der Waals surface area contributed by atoms with Crippen molar-refractivity contribution in [2.75, 3.05) is 37.0 Å². The fourth-order valence-corrected chi connectivity index (χ4v) is 4.00. The van der Waals surface area contributed by atoms with Crippen LogP contribution in [0.4, 0.5) is 11.4 Å². The lowest BCUT2D eigenvalue weighted by Gasteiger charge is -2.33. The van der Waals surface area contributed by atoms with Crippen molar-refractivity contribution in [3.8, 4) is 0 Å². The van der Waals surface area contributed by atoms with E-state index >= 15 is 0 Å². The molecule has 1 N–H and O–H groups in total. The Morgan fingerprint density at radius 1 is 1.07 bits per heavy atom. The van der Waals surface area contributed by atoms with E-state index in [1.54, 1.807) is 31.4 Å². The number of ether oxygens (including phenoxy) is 1. The van der Waals surface area contributed by atoms with E-state index in [2.05, 4.69) is 10.2 Å². The summed E-state index contributed by atoms with van der Waals surface area (Å²) in [5.41, 5.74) is 2.58. The normalized spacial score (nSPS) is 18.5. The van der Waals surface area contributed by atoms with Crippen molar-refractivity contribution in [3.05, 3.63) is 59.7 Å². The van der Waals surface area contributed by atoms with Crippen molar-refractivity contribution < 1.29 is 19.1 Å². The Hall–Kier alpha value is -3.19. The van der Waals surface area contributed by atoms with Gasteiger partial charge in [0.15, 0.2) is 0 Å². The molecule has 156 valence electrons. The zero-order valence-electron chi connectivity index (χ0n) is 17.0. The Bertz CT molecular complexity index is 922. The van der Waals surface area contributed by atoms with Crippen LogP contribution in [-0.4, -0.2) is 55.5 Å². The molecule has 0 bridgehead atoms. The molecule has 0 aliphatic carbocycles. The number of rotatable bonds is 6. The zero-order chi connectivity index (χ0) is 21.1. The minimum Gasteiger partial charge on any atom is -0.380 e. The molecule has 2 aliphatic rings. The first-order valence-electron chi connectivity index (χ1n) is 10.2. The molecule has 0 aromatic heterocycles. The standard InChI is InChI=1S/C23H25N3O4/c1-30-18-5-4-13-25(15-18)17-10-8-16(9-11-17)24-21(27)12-14-26-22(28)19-6-2-3-7-20(19)23(26)29/h2-3,6-11,18H,4-5,12-15H2,1H3,(H,24,27). The molecule has 7 nitrogen and oxygen atoms in total. The third kappa shape index (κ3) is 4.07. The molecule has 0 spiro atoms. The summed E-state index contributed by atoms with van der Waals surface area (Å²) in [7, 11) is 1.74. The van der Waals surface area contributed by atoms with Crippen LogP contribution in [0.5, 0.6) is 0 Å². The van der Waals surface area contributed by atoms with Crippen LogP contribution in [0.2, 0.25) is 0 Å². The number of fused-ring (bicyclic) bond motifs is 1. The first-order chi connectivity index (χ1) is 14.6. The van der Waals surface area contributed by atoms with Crippen molar-refractivity contribution in [1.82, 2.24) is 4.90 Å². The summed E-state index contributed by atoms with van der Waals surface area (Å²) in [4.78, 5) is 40.5. The minimum absolute atomic E-state index is 0.0505. The van der Waals surface area contributed by atoms with Gasteiger partial charge in [-0.15, -0.1) is 0 Å². The number of hydrogen-bond donors (Lipinski definition) is 1. The number of amides is 3. The molecule has 0 radical (unpaired) electrons. The number of carbonyl (C=O) groups excluding carboxylic acids is 3. The number of hydrogen-bond acceptors (Lipinski definition) is 5. The summed E-state index contributed by atoms with van der Waals surface area (Å²) in [6.07, 6.45) is 2.47. The van der Waals surface area contributed by atoms with Crippen LogP contribution in [0.25, 0.3) is 0 Å². The number of imide groups is 1. The average Bonchev–Trinajstić information content (AvgIpc) is 3.03. The van der Waals surface area contributed by atoms with Crippen LogP contribution < -0.4 is 10.2 Å². The lowest BCUT2D eigenvalue weighted by atomic mass is 10.1. The van der Waals surface area contributed by atoms with Gasteiger partial charge in [0.2, 0.25) is 5.91 Å². The molecule has 2 aromatic carbocycles. The molecule has 3 amide bonds. The first kappa shape index (κ1) is 20.1. The van der Waals surface area contributed by atoms with E-state index < -0.39 is 0 Å². The van der Waals surface area contributed by atoms with Gasteiger partial charge in [0.05, 0.1) is 17.2 Å². The highest BCUT2D eigenvalue weighted by Gasteiger charge is 2.34. The monoisotopic (exact) mass is 407 g/mol. The van der Waals surface area contributed by atoms with Gasteiger partial charge < -0.3 is 15.0 Å². The van der Waals surface area contributed by atoms with Crippen molar-refractivity contribution in [2.24, 2.45) is 0 Å². The Morgan fingerprint density at radius 3 is 2.37 bits per heavy atom. The molecule has 7 heteroatoms. The van der Waals surface area contributed by atoms with Gasteiger partial charge in [-0.3, -0.25) is 19.3 Å². The molecular weight excluding hydrogens is 382 g/mol. The van der Waals surface area contributed by atoms with Gasteiger partial charge in [0, 0.05) is 44.5 Å². The van der Waals surface area contributed by atoms with Crippen molar-refractivity contribution in [1.29, 1.82) is 0 Å². The topological polar surface area (TPSA) is 79.0 Å². The van der Waals surface area contributed by atoms with E-state index in [0.717, 1.165) is 36.5 Å². The Balaban J connectivity index is 1.31. The van der Waals surface area contributed by atoms with Gasteiger partial charge in [-0.05, 0) is 49.2 Å². The molecule has 2 aromatic rings. The van der Waals surface area contributed by atoms with Gasteiger partial charge in [0.1, 0.15) is 0 Å². The zero-order valence-corrected chi connectivity index (χ0v) is 17.0. The summed E-state index contributed by atoms with van der Waals surface area (Å²) < 4.78 is 5.47. The van der Waals surface area contributed by atoms with Crippen LogP contribution in [0.15, 0.2) is 48.5 Å². The Morgan fingerprint density at radius 2 is 1.73 bits per heavy atom. The van der Waals surface area contributed by atoms with Crippen LogP contribution in [0.1, 0.15) is 40.0 Å². The lowest BCUT2D eigenvalue weighted by Crippen LogP contribution is -2.39. The maximum atomic E-state index is 12.4. The highest BCUT2D eigenvalue weighted by Crippen LogP contribution is 2.24. The fourth-order valence-electron chi connectivity index (χ4n) is 4.00. The molecule has 4 rings (SSSR count). The number of nitrogens with zero attached hydrogens (tertiary/aromatic N) is 2. The van der Waals surface area contributed by atoms with Crippen molar-refractivity contribution in [2.45, 2.75) is 25.4 Å². The second kappa shape index (κ2) is 8.67. The minimum atomic E-state index is -0.344. The summed E-state index contributed by atoms with van der Waals surface area (Å²) in [6, 6.07) is 14.4. The maximum Gasteiger partial charge on any atom is 0.261 e. The van der Waals surface area contributed by atoms with E-state index in [-0.39, 0.29) is 36.8 Å². The van der Waals surface area contributed by atoms with Gasteiger partial charge in [-0.1, -0.05) is 12.1 Å². The van der Waals surface area contributed by atoms with Gasteiger partial charge >= 0.3 is 0 Å². The predicted octanol–water partition coefficient (Wildman–Crippen LogP) is 2.93. The van der Waals surface area contributed by atoms with E-state index in [9.17, 15) is 14.4 Å². The van der Waals surface area contributed by atoms with Crippen LogP contribution in [0, 0.1) is 0 Å². The molecule has 0 saturated carbocycles. The summed E-state index contributed by atoms with van der Waals surface area (Å²) in [5.74, 6) is -0.927. The third-order valence-electron chi connectivity index (χ3n) is 5.67. The quantitative estimate of drug-likeness (QED) is 0.745. The second-order valence-electron chi connectivity index (χ2n) is 7.60. The van der Waals surface area contributed by atoms with Crippen molar-refractivity contribution in [3.63, 3.8) is 0 Å². The van der Waals surface area contributed by atoms with Crippen molar-refractivity contribution >= 4 is 29.1 Å². The number of carbonyl (C=O) groups is 3. The van der Waals surface area contributed by atoms with E-state index in [0.29, 0.717) is 16.8 Å². The highest BCUT2D eigenvalue weighted by atomic mass is 16.5. The SMILES string of the molecule is COC1CCCN(c2ccc(NC(=O)CCN3C(=O)c4ccccc4C3=O)cc2)C1. The second-order valence-corrected chi connectivity index (χ2v) is 7.60. The number of piperidine rings is 1. The number of nitrogens with one attached hydrogen (secondary N) is 1. The van der Waals surface area contributed by atoms with Crippen LogP contribution in [-0.2, 0) is 9.53 Å². The molecule has 1 saturated heterocycles. The smallest absolute Gasteiger partial charge is 0.261 e. The lowest BCUT2D eigenvalue weighted by molar-refractivity contribution is -0.116. The molecule has 30 heavy (non-hydrogen) atoms. The third-order valence-corrected chi connectivity index (χ3v) is 5.67. The molecule has 1 fully saturated rings. The number of anilines is 2. The Kier molecular flexibility index (Phi) is 5.81. The summed E-state index contributed by atoms with van der Waals surface area (Å²) in [6.45, 7) is 1.91. The summed E-state index contributed by atoms with van der Waals surface area (Å²) >= 11 is 0. The predicted molar refractivity (Wildman–Crippen MR) is 114 cm³/mol. The van der Waals surface area contributed by atoms with E-state index in [4.69, 9.17) is 4.74 Å². The fraction of sp³-hybridized carbons (Fsp3) is 0.348. The number of benzene rings is 2. The van der Waals surface area contributed by atoms with E-state index in [1.807, 2.05) is 24.3 Å². The van der Waals surface area contributed by atoms with Gasteiger partial charge in [-0.25, -0.2) is 0 Å². The summed E-state index contributed by atoms with van der Waals surface area (Å²) in [5, 5.41) is 2.84. The first-order valence-corrected chi connectivity index (χ1v) is 10.2. The molecule has 2 aliphatic heterocycles. The highest BCUT2D eigenvalue weighted by molar-refractivity contribution is 6.21. The molecule has 2 heterocycles. The van der Waals surface area contributed by atoms with Crippen LogP contribution in [0.3, 0.4) is 0 Å². The van der Waals surface area contributed by atoms with E-state index in [1.165, 1.54) is 0 Å². The largest absolute Gasteiger partial charge is 0.380 e. The molecular formula is C23H25N3O4. The average molecular weight is 407 g/mol. The van der Waals surface area contributed by atoms with Gasteiger partial charge in [-0.2, -0.15) is 0 Å². The molecule has 1 unspecified atom stereocenters. The Labute approximate surface area is 175 Å². The van der Waals surface area contributed by atoms with Gasteiger partial charge in [0.25, 0.3) is 11.8 Å². The number of methoxy groups -OCH3 is 1. The maximum absolute atomic E-state index is 12.4. The van der Waals surface area contributed by atoms with Crippen LogP contribution >= 0.6 is 0 Å².